The molecule has 3 rings (SSSR count). The number of hydrogen-bond donors (Lipinski definition) is 1. The van der Waals surface area contributed by atoms with Gasteiger partial charge in [-0.25, -0.2) is 0 Å². The molecule has 1 aromatic heterocycles. The van der Waals surface area contributed by atoms with Gasteiger partial charge in [0, 0.05) is 25.7 Å². The highest BCUT2D eigenvalue weighted by Crippen LogP contribution is 2.24. The molecule has 0 radical (unpaired) electrons. The van der Waals surface area contributed by atoms with Crippen molar-refractivity contribution in [1.82, 2.24) is 9.80 Å². The molecular weight excluding hydrogens is 322 g/mol. The van der Waals surface area contributed by atoms with E-state index in [2.05, 4.69) is 0 Å². The molecule has 2 N–H and O–H groups in total. The summed E-state index contributed by atoms with van der Waals surface area (Å²) < 4.78 is 0. The molecule has 7 heteroatoms. The molecule has 0 saturated carbocycles. The van der Waals surface area contributed by atoms with Crippen molar-refractivity contribution in [3.05, 3.63) is 22.4 Å². The summed E-state index contributed by atoms with van der Waals surface area (Å²) in [5.74, 6) is 0.0962. The topological polar surface area (TPSA) is 66.6 Å². The molecule has 0 spiro atoms. The predicted molar refractivity (Wildman–Crippen MR) is 89.4 cm³/mol. The van der Waals surface area contributed by atoms with E-state index in [9.17, 15) is 9.59 Å². The van der Waals surface area contributed by atoms with Crippen LogP contribution < -0.4 is 5.73 Å². The number of thiophene rings is 1. The van der Waals surface area contributed by atoms with Crippen LogP contribution in [0, 0.1) is 0 Å². The highest BCUT2D eigenvalue weighted by Gasteiger charge is 2.37. The SMILES string of the molecule is Cl.NC1CCN(C(=O)C2CCCN2C(=O)c2cccs2)CC1. The lowest BCUT2D eigenvalue weighted by atomic mass is 10.0. The summed E-state index contributed by atoms with van der Waals surface area (Å²) in [5.41, 5.74) is 5.89. The van der Waals surface area contributed by atoms with Crippen molar-refractivity contribution >= 4 is 35.6 Å². The Bertz CT molecular complexity index is 515. The van der Waals surface area contributed by atoms with Gasteiger partial charge in [0.2, 0.25) is 5.91 Å². The minimum atomic E-state index is -0.283. The third-order valence-electron chi connectivity index (χ3n) is 4.38. The van der Waals surface area contributed by atoms with Crippen molar-refractivity contribution in [2.75, 3.05) is 19.6 Å². The summed E-state index contributed by atoms with van der Waals surface area (Å²) in [6.45, 7) is 2.12. The first-order valence-corrected chi connectivity index (χ1v) is 8.43. The third-order valence-corrected chi connectivity index (χ3v) is 5.24. The number of hydrogen-bond acceptors (Lipinski definition) is 4. The zero-order valence-electron chi connectivity index (χ0n) is 12.4. The lowest BCUT2D eigenvalue weighted by molar-refractivity contribution is -0.136. The van der Waals surface area contributed by atoms with Crippen LogP contribution in [0.15, 0.2) is 17.5 Å². The molecule has 5 nitrogen and oxygen atoms in total. The summed E-state index contributed by atoms with van der Waals surface area (Å²) in [6, 6.07) is 3.62. The molecule has 2 amide bonds. The van der Waals surface area contributed by atoms with Crippen LogP contribution in [0.25, 0.3) is 0 Å². The van der Waals surface area contributed by atoms with E-state index in [0.29, 0.717) is 6.54 Å². The number of carbonyl (C=O) groups excluding carboxylic acids is 2. The van der Waals surface area contributed by atoms with Crippen molar-refractivity contribution in [2.24, 2.45) is 5.73 Å². The van der Waals surface area contributed by atoms with Gasteiger partial charge in [-0.15, -0.1) is 23.7 Å². The second kappa shape index (κ2) is 7.44. The van der Waals surface area contributed by atoms with Crippen LogP contribution >= 0.6 is 23.7 Å². The summed E-state index contributed by atoms with van der Waals surface area (Å²) in [7, 11) is 0. The van der Waals surface area contributed by atoms with E-state index in [1.165, 1.54) is 11.3 Å². The Kier molecular flexibility index (Phi) is 5.83. The maximum absolute atomic E-state index is 12.7. The maximum Gasteiger partial charge on any atom is 0.264 e. The predicted octanol–water partition coefficient (Wildman–Crippen LogP) is 1.72. The average molecular weight is 344 g/mol. The second-order valence-electron chi connectivity index (χ2n) is 5.80. The van der Waals surface area contributed by atoms with Crippen LogP contribution in [-0.2, 0) is 4.79 Å². The van der Waals surface area contributed by atoms with Gasteiger partial charge in [0.25, 0.3) is 5.91 Å². The van der Waals surface area contributed by atoms with Crippen LogP contribution in [0.2, 0.25) is 0 Å². The standard InChI is InChI=1S/C15H21N3O2S.ClH/c16-11-5-8-17(9-6-11)14(19)12-3-1-7-18(12)15(20)13-4-2-10-21-13;/h2,4,10-12H,1,3,5-9,16H2;1H. The van der Waals surface area contributed by atoms with Gasteiger partial charge < -0.3 is 15.5 Å². The highest BCUT2D eigenvalue weighted by atomic mass is 35.5. The van der Waals surface area contributed by atoms with E-state index in [1.54, 1.807) is 4.90 Å². The third kappa shape index (κ3) is 3.45. The summed E-state index contributed by atoms with van der Waals surface area (Å²) >= 11 is 1.43. The van der Waals surface area contributed by atoms with Gasteiger partial charge in [-0.1, -0.05) is 6.07 Å². The van der Waals surface area contributed by atoms with Gasteiger partial charge in [0.15, 0.2) is 0 Å². The van der Waals surface area contributed by atoms with E-state index < -0.39 is 0 Å². The Morgan fingerprint density at radius 2 is 1.91 bits per heavy atom. The van der Waals surface area contributed by atoms with E-state index in [0.717, 1.165) is 43.6 Å². The lowest BCUT2D eigenvalue weighted by Crippen LogP contribution is -2.51. The number of nitrogens with two attached hydrogens (primary N) is 1. The van der Waals surface area contributed by atoms with E-state index >= 15 is 0 Å². The molecule has 1 unspecified atom stereocenters. The van der Waals surface area contributed by atoms with Crippen LogP contribution in [0.5, 0.6) is 0 Å². The Hall–Kier alpha value is -1.11. The quantitative estimate of drug-likeness (QED) is 0.889. The molecule has 122 valence electrons. The average Bonchev–Trinajstić information content (AvgIpc) is 3.18. The second-order valence-corrected chi connectivity index (χ2v) is 6.74. The number of carbonyl (C=O) groups is 2. The van der Waals surface area contributed by atoms with E-state index in [4.69, 9.17) is 5.73 Å². The highest BCUT2D eigenvalue weighted by molar-refractivity contribution is 7.12. The number of piperidine rings is 1. The van der Waals surface area contributed by atoms with E-state index in [-0.39, 0.29) is 36.3 Å². The van der Waals surface area contributed by atoms with Gasteiger partial charge in [-0.05, 0) is 37.1 Å². The fourth-order valence-electron chi connectivity index (χ4n) is 3.14. The van der Waals surface area contributed by atoms with Gasteiger partial charge in [-0.3, -0.25) is 9.59 Å². The molecular formula is C15H22ClN3O2S. The van der Waals surface area contributed by atoms with Gasteiger partial charge in [-0.2, -0.15) is 0 Å². The number of amides is 2. The zero-order valence-corrected chi connectivity index (χ0v) is 14.1. The first-order chi connectivity index (χ1) is 10.2. The molecule has 0 aliphatic carbocycles. The maximum atomic E-state index is 12.7. The van der Waals surface area contributed by atoms with Gasteiger partial charge >= 0.3 is 0 Å². The Morgan fingerprint density at radius 3 is 2.55 bits per heavy atom. The Balaban J connectivity index is 0.00000176. The first kappa shape index (κ1) is 17.2. The lowest BCUT2D eigenvalue weighted by Gasteiger charge is -2.34. The van der Waals surface area contributed by atoms with Crippen LogP contribution in [0.4, 0.5) is 0 Å². The molecule has 3 heterocycles. The van der Waals surface area contributed by atoms with E-state index in [1.807, 2.05) is 22.4 Å². The molecule has 0 bridgehead atoms. The molecule has 1 aromatic rings. The molecule has 22 heavy (non-hydrogen) atoms. The van der Waals surface area contributed by atoms with Crippen molar-refractivity contribution < 1.29 is 9.59 Å². The number of halogens is 1. The zero-order chi connectivity index (χ0) is 14.8. The van der Waals surface area contributed by atoms with Crippen molar-refractivity contribution in [2.45, 2.75) is 37.8 Å². The molecule has 1 atom stereocenters. The van der Waals surface area contributed by atoms with Crippen molar-refractivity contribution in [3.8, 4) is 0 Å². The fourth-order valence-corrected chi connectivity index (χ4v) is 3.82. The fraction of sp³-hybridized carbons (Fsp3) is 0.600. The monoisotopic (exact) mass is 343 g/mol. The van der Waals surface area contributed by atoms with Gasteiger partial charge in [0.1, 0.15) is 6.04 Å². The molecule has 2 aliphatic heterocycles. The summed E-state index contributed by atoms with van der Waals surface area (Å²) in [5, 5.41) is 1.89. The minimum Gasteiger partial charge on any atom is -0.341 e. The number of nitrogens with zero attached hydrogens (tertiary/aromatic N) is 2. The van der Waals surface area contributed by atoms with Crippen molar-refractivity contribution in [3.63, 3.8) is 0 Å². The van der Waals surface area contributed by atoms with Gasteiger partial charge in [0.05, 0.1) is 4.88 Å². The summed E-state index contributed by atoms with van der Waals surface area (Å²) in [4.78, 5) is 29.5. The van der Waals surface area contributed by atoms with Crippen LogP contribution in [-0.4, -0.2) is 53.3 Å². The number of rotatable bonds is 2. The minimum absolute atomic E-state index is 0. The normalized spacial score (nSPS) is 22.5. The molecule has 2 fully saturated rings. The Labute approximate surface area is 140 Å². The summed E-state index contributed by atoms with van der Waals surface area (Å²) in [6.07, 6.45) is 3.40. The molecule has 0 aromatic carbocycles. The molecule has 2 aliphatic rings. The van der Waals surface area contributed by atoms with Crippen LogP contribution in [0.3, 0.4) is 0 Å². The van der Waals surface area contributed by atoms with Crippen LogP contribution in [0.1, 0.15) is 35.4 Å². The van der Waals surface area contributed by atoms with Crippen molar-refractivity contribution in [1.29, 1.82) is 0 Å². The molecule has 2 saturated heterocycles. The Morgan fingerprint density at radius 1 is 1.18 bits per heavy atom. The number of likely N-dealkylation sites (tertiary alicyclic amines) is 2. The smallest absolute Gasteiger partial charge is 0.264 e. The largest absolute Gasteiger partial charge is 0.341 e. The first-order valence-electron chi connectivity index (χ1n) is 7.55.